The molecule has 1 saturated heterocycles. The van der Waals surface area contributed by atoms with Crippen molar-refractivity contribution in [2.24, 2.45) is 5.92 Å². The van der Waals surface area contributed by atoms with Crippen LogP contribution in [0.2, 0.25) is 0 Å². The van der Waals surface area contributed by atoms with Gasteiger partial charge in [0.1, 0.15) is 11.6 Å². The Morgan fingerprint density at radius 2 is 2.19 bits per heavy atom. The second kappa shape index (κ2) is 5.87. The molecule has 1 fully saturated rings. The minimum atomic E-state index is -4.33. The number of hydrogen-bond acceptors (Lipinski definition) is 3. The smallest absolute Gasteiger partial charge is 0.372 e. The van der Waals surface area contributed by atoms with Gasteiger partial charge in [-0.15, -0.1) is 0 Å². The Kier molecular flexibility index (Phi) is 4.34. The summed E-state index contributed by atoms with van der Waals surface area (Å²) < 4.78 is 51.5. The number of halogens is 4. The summed E-state index contributed by atoms with van der Waals surface area (Å²) in [5, 5.41) is 2.64. The van der Waals surface area contributed by atoms with E-state index in [1.165, 1.54) is 7.05 Å². The van der Waals surface area contributed by atoms with Crippen LogP contribution in [0.4, 0.5) is 23.4 Å². The minimum Gasteiger partial charge on any atom is -0.372 e. The quantitative estimate of drug-likeness (QED) is 0.855. The lowest BCUT2D eigenvalue weighted by molar-refractivity contribution is -0.184. The van der Waals surface area contributed by atoms with Gasteiger partial charge in [0.2, 0.25) is 0 Å². The first kappa shape index (κ1) is 15.5. The van der Waals surface area contributed by atoms with E-state index < -0.39 is 30.4 Å². The molecule has 116 valence electrons. The molecule has 8 heteroatoms. The molecule has 21 heavy (non-hydrogen) atoms. The van der Waals surface area contributed by atoms with Crippen LogP contribution in [0.3, 0.4) is 0 Å². The van der Waals surface area contributed by atoms with Crippen molar-refractivity contribution in [3.8, 4) is 0 Å². The monoisotopic (exact) mass is 305 g/mol. The van der Waals surface area contributed by atoms with Crippen LogP contribution in [0.25, 0.3) is 0 Å². The van der Waals surface area contributed by atoms with E-state index >= 15 is 0 Å². The first-order chi connectivity index (χ1) is 9.82. The molecule has 4 nitrogen and oxygen atoms in total. The maximum atomic E-state index is 13.2. The van der Waals surface area contributed by atoms with Crippen molar-refractivity contribution in [3.63, 3.8) is 0 Å². The predicted molar refractivity (Wildman–Crippen MR) is 68.4 cm³/mol. The van der Waals surface area contributed by atoms with Crippen molar-refractivity contribution in [1.82, 2.24) is 9.88 Å². The molecule has 1 aromatic rings. The molecule has 2 rings (SSSR count). The summed E-state index contributed by atoms with van der Waals surface area (Å²) in [5.41, 5.74) is -0.0553. The van der Waals surface area contributed by atoms with Crippen LogP contribution in [0.5, 0.6) is 0 Å². The Labute approximate surface area is 119 Å². The summed E-state index contributed by atoms with van der Waals surface area (Å²) in [7, 11) is 1.51. The zero-order chi connectivity index (χ0) is 15.6. The number of anilines is 1. The van der Waals surface area contributed by atoms with Gasteiger partial charge in [-0.2, -0.15) is 13.2 Å². The van der Waals surface area contributed by atoms with Crippen LogP contribution in [0, 0.1) is 11.7 Å². The van der Waals surface area contributed by atoms with Gasteiger partial charge in [0.15, 0.2) is 0 Å². The van der Waals surface area contributed by atoms with Gasteiger partial charge in [0.25, 0.3) is 5.91 Å². The number of likely N-dealkylation sites (tertiary alicyclic amines) is 1. The third-order valence-electron chi connectivity index (χ3n) is 3.49. The van der Waals surface area contributed by atoms with Crippen LogP contribution < -0.4 is 5.32 Å². The average Bonchev–Trinajstić information content (AvgIpc) is 2.45. The normalized spacial score (nSPS) is 19.5. The highest BCUT2D eigenvalue weighted by Crippen LogP contribution is 2.33. The first-order valence-electron chi connectivity index (χ1n) is 6.52. The summed E-state index contributed by atoms with van der Waals surface area (Å²) in [6.07, 6.45) is -3.11. The van der Waals surface area contributed by atoms with Gasteiger partial charge in [-0.25, -0.2) is 9.37 Å². The molecule has 2 heterocycles. The fourth-order valence-electron chi connectivity index (χ4n) is 2.40. The number of alkyl halides is 3. The van der Waals surface area contributed by atoms with E-state index in [9.17, 15) is 22.4 Å². The molecule has 1 N–H and O–H groups in total. The van der Waals surface area contributed by atoms with Crippen molar-refractivity contribution in [2.75, 3.05) is 25.5 Å². The Hall–Kier alpha value is -1.86. The topological polar surface area (TPSA) is 45.2 Å². The lowest BCUT2D eigenvalue weighted by Gasteiger charge is -2.34. The lowest BCUT2D eigenvalue weighted by Crippen LogP contribution is -2.44. The number of nitrogens with one attached hydrogen (secondary N) is 1. The summed E-state index contributed by atoms with van der Waals surface area (Å²) >= 11 is 0. The predicted octanol–water partition coefficient (Wildman–Crippen LogP) is 2.68. The van der Waals surface area contributed by atoms with Crippen molar-refractivity contribution in [2.45, 2.75) is 19.0 Å². The van der Waals surface area contributed by atoms with E-state index in [4.69, 9.17) is 0 Å². The minimum absolute atomic E-state index is 0.00751. The molecule has 1 atom stereocenters. The molecule has 0 bridgehead atoms. The van der Waals surface area contributed by atoms with Gasteiger partial charge in [-0.05, 0) is 18.9 Å². The number of hydrogen-bond donors (Lipinski definition) is 1. The lowest BCUT2D eigenvalue weighted by atomic mass is 9.97. The number of carbonyl (C=O) groups excluding carboxylic acids is 1. The van der Waals surface area contributed by atoms with Gasteiger partial charge in [-0.1, -0.05) is 0 Å². The number of amides is 1. The fourth-order valence-corrected chi connectivity index (χ4v) is 2.40. The van der Waals surface area contributed by atoms with Gasteiger partial charge in [0, 0.05) is 20.1 Å². The van der Waals surface area contributed by atoms with Gasteiger partial charge < -0.3 is 10.2 Å². The molecule has 1 aliphatic rings. The number of rotatable bonds is 2. The Morgan fingerprint density at radius 1 is 1.48 bits per heavy atom. The molecule has 0 aliphatic carbocycles. The summed E-state index contributed by atoms with van der Waals surface area (Å²) in [6, 6.07) is 0.984. The number of carbonyl (C=O) groups is 1. The third kappa shape index (κ3) is 3.43. The third-order valence-corrected chi connectivity index (χ3v) is 3.49. The van der Waals surface area contributed by atoms with Crippen LogP contribution in [-0.4, -0.2) is 42.1 Å². The Bertz CT molecular complexity index is 533. The highest BCUT2D eigenvalue weighted by molar-refractivity contribution is 5.98. The maximum Gasteiger partial charge on any atom is 0.393 e. The molecular formula is C13H15F4N3O. The molecular weight excluding hydrogens is 290 g/mol. The second-order valence-corrected chi connectivity index (χ2v) is 4.93. The van der Waals surface area contributed by atoms with Crippen LogP contribution in [0.15, 0.2) is 12.3 Å². The number of piperidine rings is 1. The molecule has 1 aliphatic heterocycles. The fraction of sp³-hybridized carbons (Fsp3) is 0.538. The zero-order valence-corrected chi connectivity index (χ0v) is 11.4. The van der Waals surface area contributed by atoms with E-state index in [0.717, 1.165) is 17.2 Å². The van der Waals surface area contributed by atoms with Crippen molar-refractivity contribution in [1.29, 1.82) is 0 Å². The Morgan fingerprint density at radius 3 is 2.81 bits per heavy atom. The number of pyridine rings is 1. The Balaban J connectivity index is 2.22. The summed E-state index contributed by atoms with van der Waals surface area (Å²) in [4.78, 5) is 17.2. The van der Waals surface area contributed by atoms with Gasteiger partial charge in [0.05, 0.1) is 17.7 Å². The molecule has 1 aromatic heterocycles. The standard InChI is InChI=1S/C13H15F4N3O/c1-18-11-10(5-9(14)6-19-11)12(21)20-4-2-3-8(7-20)13(15,16)17/h5-6,8H,2-4,7H2,1H3,(H,18,19). The number of nitrogens with zero attached hydrogens (tertiary/aromatic N) is 2. The van der Waals surface area contributed by atoms with Crippen molar-refractivity contribution < 1.29 is 22.4 Å². The van der Waals surface area contributed by atoms with E-state index in [-0.39, 0.29) is 30.8 Å². The van der Waals surface area contributed by atoms with E-state index in [1.807, 2.05) is 0 Å². The molecule has 1 amide bonds. The van der Waals surface area contributed by atoms with Crippen LogP contribution in [-0.2, 0) is 0 Å². The highest BCUT2D eigenvalue weighted by Gasteiger charge is 2.43. The second-order valence-electron chi connectivity index (χ2n) is 4.93. The van der Waals surface area contributed by atoms with Crippen LogP contribution >= 0.6 is 0 Å². The van der Waals surface area contributed by atoms with Gasteiger partial charge >= 0.3 is 6.18 Å². The van der Waals surface area contributed by atoms with Crippen LogP contribution in [0.1, 0.15) is 23.2 Å². The van der Waals surface area contributed by atoms with E-state index in [0.29, 0.717) is 0 Å². The van der Waals surface area contributed by atoms with Crippen molar-refractivity contribution in [3.05, 3.63) is 23.6 Å². The van der Waals surface area contributed by atoms with E-state index in [2.05, 4.69) is 10.3 Å². The molecule has 0 spiro atoms. The summed E-state index contributed by atoms with van der Waals surface area (Å²) in [5.74, 6) is -2.73. The largest absolute Gasteiger partial charge is 0.393 e. The zero-order valence-electron chi connectivity index (χ0n) is 11.4. The number of aromatic nitrogens is 1. The first-order valence-corrected chi connectivity index (χ1v) is 6.52. The highest BCUT2D eigenvalue weighted by atomic mass is 19.4. The maximum absolute atomic E-state index is 13.2. The molecule has 0 saturated carbocycles. The SMILES string of the molecule is CNc1ncc(F)cc1C(=O)N1CCCC(C(F)(F)F)C1. The molecule has 0 radical (unpaired) electrons. The van der Waals surface area contributed by atoms with Crippen molar-refractivity contribution >= 4 is 11.7 Å². The summed E-state index contributed by atoms with van der Waals surface area (Å²) in [6.45, 7) is -0.174. The average molecular weight is 305 g/mol. The molecule has 1 unspecified atom stereocenters. The molecule has 0 aromatic carbocycles. The van der Waals surface area contributed by atoms with E-state index in [1.54, 1.807) is 0 Å². The van der Waals surface area contributed by atoms with Gasteiger partial charge in [-0.3, -0.25) is 4.79 Å².